The molecule has 6 nitrogen and oxygen atoms in total. The Kier molecular flexibility index (Phi) is 3.82. The molecule has 1 aliphatic heterocycles. The van der Waals surface area contributed by atoms with E-state index in [1.165, 1.54) is 10.3 Å². The van der Waals surface area contributed by atoms with Gasteiger partial charge in [0.25, 0.3) is 5.56 Å². The zero-order valence-corrected chi connectivity index (χ0v) is 13.5. The number of nitrogens with one attached hydrogen (secondary N) is 1. The van der Waals surface area contributed by atoms with E-state index in [1.54, 1.807) is 18.2 Å². The lowest BCUT2D eigenvalue weighted by Gasteiger charge is -2.26. The van der Waals surface area contributed by atoms with Crippen molar-refractivity contribution >= 4 is 5.82 Å². The highest BCUT2D eigenvalue weighted by atomic mass is 16.1. The van der Waals surface area contributed by atoms with Crippen molar-refractivity contribution < 1.29 is 0 Å². The highest BCUT2D eigenvalue weighted by Gasteiger charge is 2.23. The summed E-state index contributed by atoms with van der Waals surface area (Å²) in [4.78, 5) is 19.2. The van der Waals surface area contributed by atoms with E-state index >= 15 is 0 Å². The lowest BCUT2D eigenvalue weighted by atomic mass is 10.0. The van der Waals surface area contributed by atoms with Crippen LogP contribution >= 0.6 is 0 Å². The number of aromatic nitrogens is 3. The van der Waals surface area contributed by atoms with E-state index in [-0.39, 0.29) is 5.56 Å². The third-order valence-corrected chi connectivity index (χ3v) is 4.60. The Morgan fingerprint density at radius 3 is 3.00 bits per heavy atom. The minimum Gasteiger partial charge on any atom is -0.384 e. The van der Waals surface area contributed by atoms with Crippen molar-refractivity contribution in [2.45, 2.75) is 25.8 Å². The van der Waals surface area contributed by atoms with Crippen LogP contribution in [-0.4, -0.2) is 32.8 Å². The van der Waals surface area contributed by atoms with Crippen molar-refractivity contribution in [2.24, 2.45) is 0 Å². The number of nitrogens with zero attached hydrogens (tertiary/aromatic N) is 3. The van der Waals surface area contributed by atoms with Crippen LogP contribution in [0.15, 0.2) is 46.8 Å². The van der Waals surface area contributed by atoms with Gasteiger partial charge in [-0.2, -0.15) is 0 Å². The first-order valence-corrected chi connectivity index (χ1v) is 8.34. The second kappa shape index (κ2) is 6.13. The van der Waals surface area contributed by atoms with Crippen molar-refractivity contribution in [3.8, 4) is 5.82 Å². The van der Waals surface area contributed by atoms with E-state index in [2.05, 4.69) is 33.2 Å². The molecule has 2 aromatic rings. The van der Waals surface area contributed by atoms with Gasteiger partial charge in [0, 0.05) is 25.2 Å². The molecule has 0 aromatic carbocycles. The van der Waals surface area contributed by atoms with Crippen LogP contribution in [0.1, 0.15) is 24.1 Å². The molecular formula is C18H21N5O. The number of nitrogen functional groups attached to an aromatic ring is 1. The number of pyridine rings is 1. The smallest absolute Gasteiger partial charge is 0.276 e. The molecule has 0 saturated heterocycles. The predicted octanol–water partition coefficient (Wildman–Crippen LogP) is 1.78. The fourth-order valence-electron chi connectivity index (χ4n) is 3.38. The van der Waals surface area contributed by atoms with E-state index in [0.717, 1.165) is 50.2 Å². The van der Waals surface area contributed by atoms with E-state index in [4.69, 9.17) is 5.73 Å². The van der Waals surface area contributed by atoms with Gasteiger partial charge in [0.05, 0.1) is 5.69 Å². The zero-order chi connectivity index (χ0) is 16.5. The Hall–Kier alpha value is -2.60. The first kappa shape index (κ1) is 15.0. The summed E-state index contributed by atoms with van der Waals surface area (Å²) in [7, 11) is 0. The monoisotopic (exact) mass is 323 g/mol. The van der Waals surface area contributed by atoms with E-state index < -0.39 is 0 Å². The predicted molar refractivity (Wildman–Crippen MR) is 94.0 cm³/mol. The molecule has 0 amide bonds. The van der Waals surface area contributed by atoms with Gasteiger partial charge >= 0.3 is 0 Å². The highest BCUT2D eigenvalue weighted by molar-refractivity contribution is 5.36. The van der Waals surface area contributed by atoms with Gasteiger partial charge in [-0.1, -0.05) is 24.3 Å². The van der Waals surface area contributed by atoms with Crippen LogP contribution in [0.5, 0.6) is 0 Å². The Morgan fingerprint density at radius 1 is 1.29 bits per heavy atom. The average molecular weight is 323 g/mol. The minimum absolute atomic E-state index is 0.0143. The molecule has 2 aromatic heterocycles. The zero-order valence-electron chi connectivity index (χ0n) is 13.5. The summed E-state index contributed by atoms with van der Waals surface area (Å²) in [5, 5.41) is 3.22. The molecule has 3 N–H and O–H groups in total. The number of H-pyrrole nitrogens is 1. The largest absolute Gasteiger partial charge is 0.384 e. The lowest BCUT2D eigenvalue weighted by Crippen LogP contribution is -2.33. The molecule has 124 valence electrons. The molecule has 0 fully saturated rings. The van der Waals surface area contributed by atoms with Crippen LogP contribution in [0.4, 0.5) is 5.82 Å². The Balaban J connectivity index is 1.58. The number of aromatic amines is 1. The number of hydrogen-bond donors (Lipinski definition) is 2. The summed E-state index contributed by atoms with van der Waals surface area (Å²) in [6.07, 6.45) is 9.77. The molecule has 2 aliphatic rings. The molecule has 0 bridgehead atoms. The quantitative estimate of drug-likeness (QED) is 0.902. The summed E-state index contributed by atoms with van der Waals surface area (Å²) in [5.41, 5.74) is 8.93. The Bertz CT molecular complexity index is 874. The van der Waals surface area contributed by atoms with Gasteiger partial charge in [-0.25, -0.2) is 9.67 Å². The van der Waals surface area contributed by atoms with Crippen LogP contribution < -0.4 is 11.3 Å². The van der Waals surface area contributed by atoms with Crippen molar-refractivity contribution in [3.05, 3.63) is 63.6 Å². The van der Waals surface area contributed by atoms with E-state index in [1.807, 2.05) is 0 Å². The summed E-state index contributed by atoms with van der Waals surface area (Å²) < 4.78 is 1.50. The van der Waals surface area contributed by atoms with Crippen LogP contribution in [0.3, 0.4) is 0 Å². The van der Waals surface area contributed by atoms with Crippen molar-refractivity contribution in [2.75, 3.05) is 18.8 Å². The van der Waals surface area contributed by atoms with Gasteiger partial charge in [-0.3, -0.25) is 14.8 Å². The molecule has 0 unspecified atom stereocenters. The van der Waals surface area contributed by atoms with Crippen molar-refractivity contribution in [3.63, 3.8) is 0 Å². The fourth-order valence-corrected chi connectivity index (χ4v) is 3.38. The van der Waals surface area contributed by atoms with Gasteiger partial charge in [-0.15, -0.1) is 0 Å². The average Bonchev–Trinajstić information content (AvgIpc) is 2.92. The Labute approximate surface area is 140 Å². The molecule has 0 atom stereocenters. The summed E-state index contributed by atoms with van der Waals surface area (Å²) in [6, 6.07) is 5.30. The van der Waals surface area contributed by atoms with Gasteiger partial charge < -0.3 is 5.73 Å². The second-order valence-electron chi connectivity index (χ2n) is 6.35. The van der Waals surface area contributed by atoms with Gasteiger partial charge in [0.1, 0.15) is 5.82 Å². The molecule has 4 rings (SSSR count). The first-order valence-electron chi connectivity index (χ1n) is 8.34. The van der Waals surface area contributed by atoms with Crippen LogP contribution in [0.2, 0.25) is 0 Å². The highest BCUT2D eigenvalue weighted by Crippen LogP contribution is 2.18. The molecule has 24 heavy (non-hydrogen) atoms. The number of rotatable bonds is 3. The van der Waals surface area contributed by atoms with Crippen LogP contribution in [-0.2, 0) is 13.0 Å². The molecule has 1 aliphatic carbocycles. The molecular weight excluding hydrogens is 302 g/mol. The van der Waals surface area contributed by atoms with Crippen molar-refractivity contribution in [1.82, 2.24) is 19.7 Å². The number of nitrogens with two attached hydrogens (primary N) is 1. The Morgan fingerprint density at radius 2 is 2.21 bits per heavy atom. The normalized spacial score (nSPS) is 17.6. The third kappa shape index (κ3) is 2.80. The molecule has 0 radical (unpaired) electrons. The lowest BCUT2D eigenvalue weighted by molar-refractivity contribution is 0.273. The minimum atomic E-state index is -0.0143. The molecule has 0 spiro atoms. The SMILES string of the molecule is Nc1cccc(-n2[nH]c3c(c2=O)CCN(CC2=CCCC=C2)C3)n1. The van der Waals surface area contributed by atoms with Gasteiger partial charge in [0.2, 0.25) is 0 Å². The van der Waals surface area contributed by atoms with Crippen LogP contribution in [0.25, 0.3) is 5.82 Å². The maximum Gasteiger partial charge on any atom is 0.276 e. The number of allylic oxidation sites excluding steroid dienone is 2. The van der Waals surface area contributed by atoms with Crippen molar-refractivity contribution in [1.29, 1.82) is 0 Å². The maximum absolute atomic E-state index is 12.6. The van der Waals surface area contributed by atoms with Gasteiger partial charge in [0.15, 0.2) is 5.82 Å². The fraction of sp³-hybridized carbons (Fsp3) is 0.333. The number of anilines is 1. The van der Waals surface area contributed by atoms with Gasteiger partial charge in [-0.05, 0) is 37.0 Å². The molecule has 6 heteroatoms. The first-order chi connectivity index (χ1) is 11.7. The standard InChI is InChI=1S/C18H21N5O/c19-16-7-4-8-17(20-16)23-18(24)14-9-10-22(12-15(14)21-23)11-13-5-2-1-3-6-13/h2,4-8,21H,1,3,9-12H2,(H2,19,20). The summed E-state index contributed by atoms with van der Waals surface area (Å²) >= 11 is 0. The number of hydrogen-bond acceptors (Lipinski definition) is 4. The summed E-state index contributed by atoms with van der Waals surface area (Å²) in [6.45, 7) is 2.58. The number of fused-ring (bicyclic) bond motifs is 1. The topological polar surface area (TPSA) is 79.9 Å². The molecule has 3 heterocycles. The van der Waals surface area contributed by atoms with Crippen LogP contribution in [0, 0.1) is 0 Å². The second-order valence-corrected chi connectivity index (χ2v) is 6.35. The molecule has 0 saturated carbocycles. The van der Waals surface area contributed by atoms with E-state index in [9.17, 15) is 4.79 Å². The van der Waals surface area contributed by atoms with E-state index in [0.29, 0.717) is 11.6 Å². The summed E-state index contributed by atoms with van der Waals surface area (Å²) in [5.74, 6) is 0.948. The third-order valence-electron chi connectivity index (χ3n) is 4.60. The maximum atomic E-state index is 12.6.